The second kappa shape index (κ2) is 6.46. The summed E-state index contributed by atoms with van der Waals surface area (Å²) in [4.78, 5) is 11.7. The number of Topliss-reactive ketones (excluding diaryl/α,β-unsaturated/α-hetero) is 1. The predicted octanol–water partition coefficient (Wildman–Crippen LogP) is 3.35. The van der Waals surface area contributed by atoms with E-state index in [2.05, 4.69) is 13.5 Å². The number of aryl methyl sites for hydroxylation is 1. The summed E-state index contributed by atoms with van der Waals surface area (Å²) in [5.74, 6) is 1.57. The topological polar surface area (TPSA) is 17.1 Å². The summed E-state index contributed by atoms with van der Waals surface area (Å²) >= 11 is 1.60. The van der Waals surface area contributed by atoms with Gasteiger partial charge < -0.3 is 0 Å². The van der Waals surface area contributed by atoms with Crippen LogP contribution >= 0.6 is 11.8 Å². The SMILES string of the molecule is C=CCSCC(=O)c1ccc(CC)cc1. The van der Waals surface area contributed by atoms with Gasteiger partial charge in [-0.15, -0.1) is 18.3 Å². The lowest BCUT2D eigenvalue weighted by Crippen LogP contribution is -2.02. The molecule has 0 heterocycles. The van der Waals surface area contributed by atoms with Crippen molar-refractivity contribution in [3.8, 4) is 0 Å². The number of ketones is 1. The fourth-order valence-corrected chi connectivity index (χ4v) is 1.88. The highest BCUT2D eigenvalue weighted by Crippen LogP contribution is 2.09. The van der Waals surface area contributed by atoms with E-state index in [1.165, 1.54) is 5.56 Å². The summed E-state index contributed by atoms with van der Waals surface area (Å²) < 4.78 is 0. The van der Waals surface area contributed by atoms with Gasteiger partial charge in [-0.25, -0.2) is 0 Å². The molecule has 0 unspecified atom stereocenters. The van der Waals surface area contributed by atoms with E-state index in [4.69, 9.17) is 0 Å². The van der Waals surface area contributed by atoms with Crippen LogP contribution < -0.4 is 0 Å². The highest BCUT2D eigenvalue weighted by molar-refractivity contribution is 8.00. The molecule has 80 valence electrons. The zero-order valence-corrected chi connectivity index (χ0v) is 9.85. The Hall–Kier alpha value is -1.02. The Morgan fingerprint density at radius 2 is 2.07 bits per heavy atom. The number of thioether (sulfide) groups is 1. The molecule has 1 rings (SSSR count). The Bertz CT molecular complexity index is 327. The van der Waals surface area contributed by atoms with Gasteiger partial charge in [0.1, 0.15) is 0 Å². The first-order chi connectivity index (χ1) is 7.27. The van der Waals surface area contributed by atoms with E-state index in [-0.39, 0.29) is 5.78 Å². The maximum absolute atomic E-state index is 11.7. The van der Waals surface area contributed by atoms with Crippen LogP contribution in [0.5, 0.6) is 0 Å². The van der Waals surface area contributed by atoms with Gasteiger partial charge in [0.15, 0.2) is 5.78 Å². The summed E-state index contributed by atoms with van der Waals surface area (Å²) in [6.45, 7) is 5.73. The molecule has 0 bridgehead atoms. The molecular weight excluding hydrogens is 204 g/mol. The maximum atomic E-state index is 11.7. The van der Waals surface area contributed by atoms with Crippen LogP contribution in [0.2, 0.25) is 0 Å². The highest BCUT2D eigenvalue weighted by Gasteiger charge is 2.04. The molecule has 15 heavy (non-hydrogen) atoms. The first-order valence-electron chi connectivity index (χ1n) is 5.08. The molecule has 0 saturated carbocycles. The summed E-state index contributed by atoms with van der Waals surface area (Å²) in [6, 6.07) is 7.86. The number of benzene rings is 1. The van der Waals surface area contributed by atoms with Gasteiger partial charge in [0.05, 0.1) is 5.75 Å². The Morgan fingerprint density at radius 3 is 2.60 bits per heavy atom. The number of carbonyl (C=O) groups is 1. The monoisotopic (exact) mass is 220 g/mol. The fraction of sp³-hybridized carbons (Fsp3) is 0.308. The quantitative estimate of drug-likeness (QED) is 0.415. The molecule has 0 amide bonds. The summed E-state index contributed by atoms with van der Waals surface area (Å²) in [5.41, 5.74) is 2.08. The van der Waals surface area contributed by atoms with Crippen molar-refractivity contribution in [2.45, 2.75) is 13.3 Å². The molecule has 1 nitrogen and oxygen atoms in total. The number of rotatable bonds is 6. The van der Waals surface area contributed by atoms with Gasteiger partial charge in [-0.1, -0.05) is 37.3 Å². The van der Waals surface area contributed by atoms with E-state index in [1.807, 2.05) is 30.3 Å². The minimum absolute atomic E-state index is 0.199. The average molecular weight is 220 g/mol. The van der Waals surface area contributed by atoms with Gasteiger partial charge in [0, 0.05) is 11.3 Å². The second-order valence-corrected chi connectivity index (χ2v) is 4.31. The van der Waals surface area contributed by atoms with Gasteiger partial charge >= 0.3 is 0 Å². The lowest BCUT2D eigenvalue weighted by Gasteiger charge is -2.01. The van der Waals surface area contributed by atoms with Crippen LogP contribution in [-0.4, -0.2) is 17.3 Å². The van der Waals surface area contributed by atoms with Crippen LogP contribution in [0.25, 0.3) is 0 Å². The number of carbonyl (C=O) groups excluding carboxylic acids is 1. The van der Waals surface area contributed by atoms with E-state index in [9.17, 15) is 4.79 Å². The molecule has 1 aromatic rings. The number of hydrogen-bond donors (Lipinski definition) is 0. The molecule has 0 aliphatic rings. The molecule has 0 atom stereocenters. The zero-order chi connectivity index (χ0) is 11.1. The molecule has 0 N–H and O–H groups in total. The van der Waals surface area contributed by atoms with E-state index in [0.717, 1.165) is 17.7 Å². The third-order valence-corrected chi connectivity index (χ3v) is 3.09. The van der Waals surface area contributed by atoms with Crippen molar-refractivity contribution in [1.29, 1.82) is 0 Å². The smallest absolute Gasteiger partial charge is 0.172 e. The van der Waals surface area contributed by atoms with Crippen molar-refractivity contribution in [3.05, 3.63) is 48.0 Å². The molecule has 0 saturated heterocycles. The Kier molecular flexibility index (Phi) is 5.19. The average Bonchev–Trinajstić information content (AvgIpc) is 2.29. The minimum Gasteiger partial charge on any atom is -0.293 e. The lowest BCUT2D eigenvalue weighted by molar-refractivity contribution is 0.102. The van der Waals surface area contributed by atoms with Gasteiger partial charge in [-0.2, -0.15) is 0 Å². The van der Waals surface area contributed by atoms with Crippen LogP contribution in [0, 0.1) is 0 Å². The predicted molar refractivity (Wildman–Crippen MR) is 67.7 cm³/mol. The zero-order valence-electron chi connectivity index (χ0n) is 9.03. The Labute approximate surface area is 95.6 Å². The molecule has 1 aromatic carbocycles. The van der Waals surface area contributed by atoms with E-state index < -0.39 is 0 Å². The largest absolute Gasteiger partial charge is 0.293 e. The van der Waals surface area contributed by atoms with Crippen molar-refractivity contribution in [1.82, 2.24) is 0 Å². The molecule has 0 radical (unpaired) electrons. The Morgan fingerprint density at radius 1 is 1.40 bits per heavy atom. The standard InChI is InChI=1S/C13H16OS/c1-3-9-15-10-13(14)12-7-5-11(4-2)6-8-12/h3,5-8H,1,4,9-10H2,2H3. The van der Waals surface area contributed by atoms with Crippen molar-refractivity contribution in [2.75, 3.05) is 11.5 Å². The van der Waals surface area contributed by atoms with Gasteiger partial charge in [0.2, 0.25) is 0 Å². The molecule has 0 spiro atoms. The van der Waals surface area contributed by atoms with E-state index in [1.54, 1.807) is 11.8 Å². The van der Waals surface area contributed by atoms with Crippen LogP contribution in [-0.2, 0) is 6.42 Å². The highest BCUT2D eigenvalue weighted by atomic mass is 32.2. The van der Waals surface area contributed by atoms with Gasteiger partial charge in [-0.3, -0.25) is 4.79 Å². The first kappa shape index (κ1) is 12.1. The Balaban J connectivity index is 2.54. The summed E-state index contributed by atoms with van der Waals surface area (Å²) in [6.07, 6.45) is 2.83. The molecular formula is C13H16OS. The normalized spacial score (nSPS) is 9.93. The van der Waals surface area contributed by atoms with Gasteiger partial charge in [-0.05, 0) is 12.0 Å². The van der Waals surface area contributed by atoms with Crippen molar-refractivity contribution in [3.63, 3.8) is 0 Å². The van der Waals surface area contributed by atoms with E-state index >= 15 is 0 Å². The van der Waals surface area contributed by atoms with Crippen LogP contribution in [0.4, 0.5) is 0 Å². The van der Waals surface area contributed by atoms with Crippen molar-refractivity contribution >= 4 is 17.5 Å². The molecule has 2 heteroatoms. The van der Waals surface area contributed by atoms with Crippen molar-refractivity contribution < 1.29 is 4.79 Å². The molecule has 0 aliphatic carbocycles. The molecule has 0 aromatic heterocycles. The lowest BCUT2D eigenvalue weighted by atomic mass is 10.1. The minimum atomic E-state index is 0.199. The van der Waals surface area contributed by atoms with Gasteiger partial charge in [0.25, 0.3) is 0 Å². The second-order valence-electron chi connectivity index (χ2n) is 3.28. The fourth-order valence-electron chi connectivity index (χ4n) is 1.24. The van der Waals surface area contributed by atoms with Crippen LogP contribution in [0.1, 0.15) is 22.8 Å². The van der Waals surface area contributed by atoms with E-state index in [0.29, 0.717) is 5.75 Å². The maximum Gasteiger partial charge on any atom is 0.172 e. The summed E-state index contributed by atoms with van der Waals surface area (Å²) in [5, 5.41) is 0. The molecule has 0 fully saturated rings. The third kappa shape index (κ3) is 3.92. The molecule has 0 aliphatic heterocycles. The third-order valence-electron chi connectivity index (χ3n) is 2.15. The van der Waals surface area contributed by atoms with Crippen LogP contribution in [0.3, 0.4) is 0 Å². The van der Waals surface area contributed by atoms with Crippen molar-refractivity contribution in [2.24, 2.45) is 0 Å². The summed E-state index contributed by atoms with van der Waals surface area (Å²) in [7, 11) is 0. The van der Waals surface area contributed by atoms with Crippen LogP contribution in [0.15, 0.2) is 36.9 Å². The first-order valence-corrected chi connectivity index (χ1v) is 6.24. The number of hydrogen-bond acceptors (Lipinski definition) is 2.